The topological polar surface area (TPSA) is 112 Å². The molecule has 1 saturated carbocycles. The van der Waals surface area contributed by atoms with Crippen LogP contribution in [0.25, 0.3) is 11.4 Å². The molecule has 1 aliphatic rings. The van der Waals surface area contributed by atoms with Crippen LogP contribution in [0.1, 0.15) is 48.4 Å². The molecule has 9 nitrogen and oxygen atoms in total. The molecule has 1 fully saturated rings. The fourth-order valence-corrected chi connectivity index (χ4v) is 5.05. The quantitative estimate of drug-likeness (QED) is 0.174. The zero-order valence-corrected chi connectivity index (χ0v) is 24.6. The third kappa shape index (κ3) is 6.95. The lowest BCUT2D eigenvalue weighted by Gasteiger charge is -2.14. The van der Waals surface area contributed by atoms with Crippen LogP contribution in [0.5, 0.6) is 0 Å². The van der Waals surface area contributed by atoms with Crippen LogP contribution in [0.2, 0.25) is 0 Å². The van der Waals surface area contributed by atoms with Crippen LogP contribution in [0.4, 0.5) is 14.6 Å². The van der Waals surface area contributed by atoms with E-state index in [1.165, 1.54) is 31.2 Å². The van der Waals surface area contributed by atoms with Crippen molar-refractivity contribution in [2.45, 2.75) is 52.8 Å². The van der Waals surface area contributed by atoms with Gasteiger partial charge in [0.15, 0.2) is 6.20 Å². The smallest absolute Gasteiger partial charge is 0.389 e. The Labute approximate surface area is 240 Å². The standard InChI is InChI=1S/C21H24BrFN4O.C5H2BrFN2O2/c1-12-9-26(11-19-13(2)25-27(20(19)22)10-15-4-5-15)21(24-12)17-7-6-16(23)8-18(17)14(3)28;6-3-1-4(7)5(8-2-3)9(10)11/h6-9,14-15,28H,4-5,10-11H2,1-3H3;1-2H/t14-;/m1./s1. The zero-order chi connectivity index (χ0) is 28.4. The molecular weight excluding hydrogens is 642 g/mol. The highest BCUT2D eigenvalue weighted by Gasteiger charge is 2.25. The van der Waals surface area contributed by atoms with Crippen molar-refractivity contribution < 1.29 is 18.8 Å². The number of aryl methyl sites for hydroxylation is 2. The highest BCUT2D eigenvalue weighted by Crippen LogP contribution is 2.34. The minimum absolute atomic E-state index is 0.366. The number of halogens is 4. The number of pyridine rings is 1. The van der Waals surface area contributed by atoms with E-state index in [1.54, 1.807) is 13.0 Å². The van der Waals surface area contributed by atoms with Gasteiger partial charge in [0.05, 0.1) is 28.5 Å². The molecule has 3 aromatic heterocycles. The van der Waals surface area contributed by atoms with Crippen LogP contribution in [0.3, 0.4) is 0 Å². The van der Waals surface area contributed by atoms with Gasteiger partial charge < -0.3 is 19.8 Å². The summed E-state index contributed by atoms with van der Waals surface area (Å²) in [6, 6.07) is 5.47. The molecule has 0 unspecified atom stereocenters. The predicted molar refractivity (Wildman–Crippen MR) is 148 cm³/mol. The number of imidazole rings is 1. The molecule has 3 heterocycles. The summed E-state index contributed by atoms with van der Waals surface area (Å²) in [6.45, 7) is 7.14. The van der Waals surface area contributed by atoms with E-state index >= 15 is 0 Å². The van der Waals surface area contributed by atoms with Crippen LogP contribution in [-0.2, 0) is 13.1 Å². The SMILES string of the molecule is Cc1cn(Cc2c(C)nn(CC3CC3)c2Br)c(-c2ccc(F)cc2[C@@H](C)O)n1.O=[N+]([O-])c1ncc(Br)cc1F. The zero-order valence-electron chi connectivity index (χ0n) is 21.4. The summed E-state index contributed by atoms with van der Waals surface area (Å²) in [4.78, 5) is 17.1. The summed E-state index contributed by atoms with van der Waals surface area (Å²) >= 11 is 6.65. The fourth-order valence-electron chi connectivity index (χ4n) is 4.11. The van der Waals surface area contributed by atoms with Crippen molar-refractivity contribution in [2.75, 3.05) is 0 Å². The highest BCUT2D eigenvalue weighted by atomic mass is 79.9. The predicted octanol–water partition coefficient (Wildman–Crippen LogP) is 6.67. The number of rotatable bonds is 7. The molecule has 1 atom stereocenters. The number of benzene rings is 1. The van der Waals surface area contributed by atoms with Crippen molar-refractivity contribution >= 4 is 37.7 Å². The van der Waals surface area contributed by atoms with Crippen LogP contribution in [-0.4, -0.2) is 34.3 Å². The summed E-state index contributed by atoms with van der Waals surface area (Å²) in [5, 5.41) is 24.9. The Bertz CT molecular complexity index is 1520. The Hall–Kier alpha value is -3.03. The van der Waals surface area contributed by atoms with Gasteiger partial charge in [0.2, 0.25) is 5.82 Å². The summed E-state index contributed by atoms with van der Waals surface area (Å²) in [7, 11) is 0. The summed E-state index contributed by atoms with van der Waals surface area (Å²) in [5.74, 6) is -0.607. The number of nitrogens with zero attached hydrogens (tertiary/aromatic N) is 6. The Morgan fingerprint density at radius 3 is 2.56 bits per heavy atom. The Balaban J connectivity index is 0.000000270. The van der Waals surface area contributed by atoms with E-state index in [1.807, 2.05) is 29.3 Å². The first-order chi connectivity index (χ1) is 18.4. The van der Waals surface area contributed by atoms with E-state index in [-0.39, 0.29) is 5.82 Å². The van der Waals surface area contributed by atoms with Crippen molar-refractivity contribution in [1.82, 2.24) is 24.3 Å². The van der Waals surface area contributed by atoms with Gasteiger partial charge in [0.1, 0.15) is 16.2 Å². The second kappa shape index (κ2) is 12.0. The minimum Gasteiger partial charge on any atom is -0.389 e. The van der Waals surface area contributed by atoms with Gasteiger partial charge in [-0.15, -0.1) is 0 Å². The average molecular weight is 668 g/mol. The third-order valence-corrected chi connectivity index (χ3v) is 7.52. The molecule has 1 aliphatic carbocycles. The summed E-state index contributed by atoms with van der Waals surface area (Å²) < 4.78 is 31.8. The largest absolute Gasteiger partial charge is 0.399 e. The third-order valence-electron chi connectivity index (χ3n) is 6.20. The maximum absolute atomic E-state index is 13.7. The molecule has 1 aromatic carbocycles. The van der Waals surface area contributed by atoms with Crippen LogP contribution in [0.15, 0.2) is 45.7 Å². The molecule has 0 amide bonds. The lowest BCUT2D eigenvalue weighted by atomic mass is 10.0. The van der Waals surface area contributed by atoms with Crippen LogP contribution < -0.4 is 0 Å². The van der Waals surface area contributed by atoms with Crippen molar-refractivity contribution in [1.29, 1.82) is 0 Å². The average Bonchev–Trinajstić information content (AvgIpc) is 3.55. The first kappa shape index (κ1) is 29.0. The van der Waals surface area contributed by atoms with Gasteiger partial charge in [0.25, 0.3) is 0 Å². The fraction of sp³-hybridized carbons (Fsp3) is 0.346. The Morgan fingerprint density at radius 1 is 1.23 bits per heavy atom. The van der Waals surface area contributed by atoms with E-state index in [4.69, 9.17) is 5.10 Å². The Kier molecular flexibility index (Phi) is 8.92. The first-order valence-corrected chi connectivity index (χ1v) is 13.7. The van der Waals surface area contributed by atoms with Crippen molar-refractivity contribution in [2.24, 2.45) is 5.92 Å². The molecule has 206 valence electrons. The highest BCUT2D eigenvalue weighted by molar-refractivity contribution is 9.10. The monoisotopic (exact) mass is 666 g/mol. The molecular formula is C26H26Br2F2N6O3. The molecule has 0 bridgehead atoms. The molecule has 0 aliphatic heterocycles. The molecule has 1 N–H and O–H groups in total. The van der Waals surface area contributed by atoms with Crippen molar-refractivity contribution in [3.05, 3.63) is 90.0 Å². The van der Waals surface area contributed by atoms with E-state index < -0.39 is 22.7 Å². The molecule has 13 heteroatoms. The maximum Gasteiger partial charge on any atom is 0.399 e. The number of aliphatic hydroxyl groups is 1. The van der Waals surface area contributed by atoms with Crippen LogP contribution in [0, 0.1) is 41.5 Å². The number of hydrogen-bond acceptors (Lipinski definition) is 6. The number of hydrogen-bond donors (Lipinski definition) is 1. The minimum atomic E-state index is -0.940. The van der Waals surface area contributed by atoms with E-state index in [0.29, 0.717) is 16.6 Å². The number of aromatic nitrogens is 5. The molecule has 39 heavy (non-hydrogen) atoms. The summed E-state index contributed by atoms with van der Waals surface area (Å²) in [5.41, 5.74) is 4.24. The molecule has 0 saturated heterocycles. The van der Waals surface area contributed by atoms with Gasteiger partial charge in [-0.2, -0.15) is 9.49 Å². The van der Waals surface area contributed by atoms with Gasteiger partial charge in [0, 0.05) is 29.9 Å². The van der Waals surface area contributed by atoms with Gasteiger partial charge in [-0.1, -0.05) is 0 Å². The Morgan fingerprint density at radius 2 is 1.95 bits per heavy atom. The van der Waals surface area contributed by atoms with Gasteiger partial charge in [-0.05, 0) is 105 Å². The van der Waals surface area contributed by atoms with E-state index in [2.05, 4.69) is 41.8 Å². The number of nitro groups is 1. The second-order valence-corrected chi connectivity index (χ2v) is 11.1. The van der Waals surface area contributed by atoms with Crippen LogP contribution >= 0.6 is 31.9 Å². The van der Waals surface area contributed by atoms with Crippen molar-refractivity contribution in [3.8, 4) is 11.4 Å². The normalized spacial score (nSPS) is 13.6. The molecule has 4 aromatic rings. The van der Waals surface area contributed by atoms with Gasteiger partial charge in [-0.25, -0.2) is 9.37 Å². The van der Waals surface area contributed by atoms with E-state index in [0.717, 1.165) is 51.5 Å². The second-order valence-electron chi connectivity index (χ2n) is 9.44. The van der Waals surface area contributed by atoms with Crippen molar-refractivity contribution in [3.63, 3.8) is 0 Å². The van der Waals surface area contributed by atoms with Gasteiger partial charge in [-0.3, -0.25) is 4.68 Å². The molecule has 5 rings (SSSR count). The lowest BCUT2D eigenvalue weighted by molar-refractivity contribution is -0.392. The maximum atomic E-state index is 13.7. The molecule has 0 radical (unpaired) electrons. The lowest BCUT2D eigenvalue weighted by Crippen LogP contribution is -2.06. The van der Waals surface area contributed by atoms with Gasteiger partial charge >= 0.3 is 5.82 Å². The van der Waals surface area contributed by atoms with E-state index in [9.17, 15) is 24.0 Å². The number of aliphatic hydroxyl groups excluding tert-OH is 1. The molecule has 0 spiro atoms. The summed E-state index contributed by atoms with van der Waals surface area (Å²) in [6.07, 6.45) is 4.91. The first-order valence-electron chi connectivity index (χ1n) is 12.1.